The van der Waals surface area contributed by atoms with E-state index in [1.165, 1.54) is 44.5 Å². The number of phenols is 2. The number of fused-ring (bicyclic) bond motifs is 6. The van der Waals surface area contributed by atoms with Crippen molar-refractivity contribution in [3.8, 4) is 33.8 Å². The van der Waals surface area contributed by atoms with E-state index in [1.807, 2.05) is 12.1 Å². The normalized spacial score (nSPS) is 10.8. The first kappa shape index (κ1) is 32.0. The molecule has 2 nitrogen and oxygen atoms in total. The van der Waals surface area contributed by atoms with Gasteiger partial charge in [-0.3, -0.25) is 0 Å². The van der Waals surface area contributed by atoms with Gasteiger partial charge in [0.2, 0.25) is 0 Å². The Kier molecular flexibility index (Phi) is 11.5. The Morgan fingerprint density at radius 1 is 0.442 bits per heavy atom. The summed E-state index contributed by atoms with van der Waals surface area (Å²) in [7, 11) is 0. The Morgan fingerprint density at radius 3 is 1.16 bits per heavy atom. The fourth-order valence-corrected chi connectivity index (χ4v) is 5.13. The van der Waals surface area contributed by atoms with E-state index in [-0.39, 0.29) is 28.9 Å². The van der Waals surface area contributed by atoms with Crippen LogP contribution in [0.5, 0.6) is 11.5 Å². The molecule has 0 radical (unpaired) electrons. The van der Waals surface area contributed by atoms with Gasteiger partial charge in [-0.05, 0) is 61.4 Å². The molecule has 0 saturated carbocycles. The summed E-state index contributed by atoms with van der Waals surface area (Å²) in [6.45, 7) is 0. The molecule has 2 aliphatic rings. The summed E-state index contributed by atoms with van der Waals surface area (Å²) in [5.74, 6) is 0.490. The SMILES string of the molecule is Oc1ccc(Cl)cc1.Oc1ccc(Cl)cc1.[Cr+2].[c-]1cccc2c1Cc1ccccc1-2.[c-]1cccc2c1Cc1ccccc1-2. The number of halogens is 2. The number of aromatic hydroxyl groups is 2. The molecule has 0 unspecified atom stereocenters. The van der Waals surface area contributed by atoms with Gasteiger partial charge in [0.25, 0.3) is 0 Å². The summed E-state index contributed by atoms with van der Waals surface area (Å²) in [4.78, 5) is 0. The van der Waals surface area contributed by atoms with E-state index in [0.29, 0.717) is 10.0 Å². The maximum absolute atomic E-state index is 8.70. The number of phenolic OH excluding ortho intramolecular Hbond substituents is 2. The van der Waals surface area contributed by atoms with Crippen LogP contribution < -0.4 is 0 Å². The van der Waals surface area contributed by atoms with E-state index in [9.17, 15) is 0 Å². The molecule has 2 aliphatic carbocycles. The van der Waals surface area contributed by atoms with Crippen molar-refractivity contribution in [3.05, 3.63) is 178 Å². The van der Waals surface area contributed by atoms with Crippen LogP contribution >= 0.6 is 23.2 Å². The van der Waals surface area contributed by atoms with Crippen molar-refractivity contribution in [3.63, 3.8) is 0 Å². The van der Waals surface area contributed by atoms with Gasteiger partial charge >= 0.3 is 17.4 Å². The molecule has 43 heavy (non-hydrogen) atoms. The maximum Gasteiger partial charge on any atom is 2.00 e. The monoisotopic (exact) mass is 638 g/mol. The second-order valence-electron chi connectivity index (χ2n) is 9.75. The number of rotatable bonds is 0. The van der Waals surface area contributed by atoms with Crippen LogP contribution in [-0.2, 0) is 30.2 Å². The zero-order valence-corrected chi connectivity index (χ0v) is 26.0. The number of hydrogen-bond donors (Lipinski definition) is 2. The number of hydrogen-bond acceptors (Lipinski definition) is 2. The predicted molar refractivity (Wildman–Crippen MR) is 173 cm³/mol. The average molecular weight is 640 g/mol. The smallest absolute Gasteiger partial charge is 0.508 e. The summed E-state index contributed by atoms with van der Waals surface area (Å²) in [5, 5.41) is 18.7. The first-order valence-corrected chi connectivity index (χ1v) is 14.3. The largest absolute Gasteiger partial charge is 2.00 e. The third kappa shape index (κ3) is 8.54. The van der Waals surface area contributed by atoms with Crippen molar-refractivity contribution in [2.24, 2.45) is 0 Å². The molecular weight excluding hydrogens is 611 g/mol. The minimum Gasteiger partial charge on any atom is -0.508 e. The molecule has 8 rings (SSSR count). The molecule has 0 atom stereocenters. The predicted octanol–water partition coefficient (Wildman–Crippen LogP) is 10.2. The van der Waals surface area contributed by atoms with Gasteiger partial charge in [-0.25, -0.2) is 0 Å². The van der Waals surface area contributed by atoms with Crippen molar-refractivity contribution in [1.29, 1.82) is 0 Å². The van der Waals surface area contributed by atoms with E-state index in [2.05, 4.69) is 84.9 Å². The second-order valence-corrected chi connectivity index (χ2v) is 10.6. The van der Waals surface area contributed by atoms with Crippen LogP contribution in [0.1, 0.15) is 22.3 Å². The van der Waals surface area contributed by atoms with Crippen LogP contribution in [0.2, 0.25) is 10.0 Å². The second kappa shape index (κ2) is 15.5. The van der Waals surface area contributed by atoms with Crippen molar-refractivity contribution in [2.45, 2.75) is 12.8 Å². The van der Waals surface area contributed by atoms with Crippen LogP contribution in [0.3, 0.4) is 0 Å². The summed E-state index contributed by atoms with van der Waals surface area (Å²) in [6.07, 6.45) is 2.10. The average Bonchev–Trinajstić information content (AvgIpc) is 3.60. The Morgan fingerprint density at radius 2 is 0.791 bits per heavy atom. The molecule has 0 aromatic heterocycles. The zero-order valence-electron chi connectivity index (χ0n) is 23.2. The van der Waals surface area contributed by atoms with E-state index in [1.54, 1.807) is 48.5 Å². The molecule has 2 N–H and O–H groups in total. The summed E-state index contributed by atoms with van der Waals surface area (Å²) >= 11 is 11.0. The molecule has 0 fully saturated rings. The zero-order chi connectivity index (χ0) is 29.3. The Hall–Kier alpha value is -3.97. The third-order valence-electron chi connectivity index (χ3n) is 6.89. The van der Waals surface area contributed by atoms with Crippen molar-refractivity contribution < 1.29 is 27.6 Å². The van der Waals surface area contributed by atoms with Gasteiger partial charge in [0.15, 0.2) is 0 Å². The van der Waals surface area contributed by atoms with Crippen molar-refractivity contribution in [1.82, 2.24) is 0 Å². The Balaban J connectivity index is 0.000000134. The molecule has 5 heteroatoms. The quantitative estimate of drug-likeness (QED) is 0.162. The van der Waals surface area contributed by atoms with Gasteiger partial charge < -0.3 is 10.2 Å². The van der Waals surface area contributed by atoms with Crippen LogP contribution in [0, 0.1) is 12.1 Å². The van der Waals surface area contributed by atoms with E-state index in [4.69, 9.17) is 33.4 Å². The van der Waals surface area contributed by atoms with Gasteiger partial charge in [0.1, 0.15) is 11.5 Å². The summed E-state index contributed by atoms with van der Waals surface area (Å²) < 4.78 is 0. The molecule has 6 aromatic rings. The van der Waals surface area contributed by atoms with E-state index >= 15 is 0 Å². The number of benzene rings is 6. The van der Waals surface area contributed by atoms with Gasteiger partial charge in [-0.1, -0.05) is 94.0 Å². The van der Waals surface area contributed by atoms with Crippen LogP contribution in [0.4, 0.5) is 0 Å². The first-order valence-electron chi connectivity index (χ1n) is 13.5. The molecule has 6 aromatic carbocycles. The molecule has 0 saturated heterocycles. The molecule has 0 bridgehead atoms. The fourth-order valence-electron chi connectivity index (χ4n) is 4.88. The van der Waals surface area contributed by atoms with Crippen LogP contribution in [-0.4, -0.2) is 10.2 Å². The first-order chi connectivity index (χ1) is 20.5. The minimum absolute atomic E-state index is 0. The molecule has 0 amide bonds. The maximum atomic E-state index is 8.70. The molecule has 212 valence electrons. The van der Waals surface area contributed by atoms with Crippen LogP contribution in [0.15, 0.2) is 133 Å². The Labute approximate surface area is 274 Å². The summed E-state index contributed by atoms with van der Waals surface area (Å²) in [5.41, 5.74) is 11.0. The molecule has 0 spiro atoms. The van der Waals surface area contributed by atoms with Gasteiger partial charge in [-0.2, -0.15) is 59.7 Å². The van der Waals surface area contributed by atoms with Crippen molar-refractivity contribution >= 4 is 23.2 Å². The van der Waals surface area contributed by atoms with Crippen molar-refractivity contribution in [2.75, 3.05) is 0 Å². The summed E-state index contributed by atoms with van der Waals surface area (Å²) in [6, 6.07) is 48.9. The van der Waals surface area contributed by atoms with Gasteiger partial charge in [0.05, 0.1) is 0 Å². The third-order valence-corrected chi connectivity index (χ3v) is 7.39. The standard InChI is InChI=1S/2C13H9.2C6H5ClO.Cr/c2*1-3-7-12-10(5-1)9-11-6-2-4-8-13(11)12;2*7-5-1-3-6(8)4-2-5;/h2*1-5,7-8H,9H2;2*1-4,8H;/q2*-1;;;+2. The fraction of sp³-hybridized carbons (Fsp3) is 0.0526. The molecular formula is C38H28Cl2CrO2. The van der Waals surface area contributed by atoms with E-state index in [0.717, 1.165) is 12.8 Å². The molecule has 0 aliphatic heterocycles. The van der Waals surface area contributed by atoms with E-state index < -0.39 is 0 Å². The van der Waals surface area contributed by atoms with Crippen LogP contribution in [0.25, 0.3) is 22.3 Å². The topological polar surface area (TPSA) is 40.5 Å². The van der Waals surface area contributed by atoms with Gasteiger partial charge in [-0.15, -0.1) is 11.1 Å². The molecule has 0 heterocycles. The van der Waals surface area contributed by atoms with Gasteiger partial charge in [0, 0.05) is 10.0 Å². The Bertz CT molecular complexity index is 1510. The minimum atomic E-state index is 0.